The van der Waals surface area contributed by atoms with Crippen LogP contribution in [0.15, 0.2) is 48.5 Å². The summed E-state index contributed by atoms with van der Waals surface area (Å²) < 4.78 is 5.33. The lowest BCUT2D eigenvalue weighted by atomic mass is 9.86. The Kier molecular flexibility index (Phi) is 5.04. The maximum absolute atomic E-state index is 12.5. The normalized spacial score (nSPS) is 16.3. The van der Waals surface area contributed by atoms with Crippen LogP contribution in [0.25, 0.3) is 11.1 Å². The second kappa shape index (κ2) is 7.13. The molecule has 0 aliphatic heterocycles. The van der Waals surface area contributed by atoms with Crippen molar-refractivity contribution in [3.8, 4) is 11.1 Å². The van der Waals surface area contributed by atoms with Gasteiger partial charge in [0.05, 0.1) is 6.10 Å². The average Bonchev–Trinajstić information content (AvgIpc) is 2.98. The maximum Gasteiger partial charge on any atom is 0.340 e. The fourth-order valence-corrected chi connectivity index (χ4v) is 3.58. The molecule has 0 aromatic heterocycles. The van der Waals surface area contributed by atoms with E-state index in [9.17, 15) is 19.8 Å². The highest BCUT2D eigenvalue weighted by Crippen LogP contribution is 2.44. The lowest BCUT2D eigenvalue weighted by Crippen LogP contribution is -2.65. The van der Waals surface area contributed by atoms with Crippen LogP contribution >= 0.6 is 0 Å². The van der Waals surface area contributed by atoms with Gasteiger partial charge in [-0.25, -0.2) is 9.59 Å². The number of ether oxygens (including phenoxy) is 1. The van der Waals surface area contributed by atoms with E-state index in [4.69, 9.17) is 10.5 Å². The Hall–Kier alpha value is -2.70. The van der Waals surface area contributed by atoms with E-state index in [0.717, 1.165) is 22.3 Å². The topological polar surface area (TPSA) is 110 Å². The minimum Gasteiger partial charge on any atom is -0.479 e. The summed E-state index contributed by atoms with van der Waals surface area (Å²) in [6, 6.07) is 15.6. The summed E-state index contributed by atoms with van der Waals surface area (Å²) in [6.45, 7) is 3.13. The molecule has 0 radical (unpaired) electrons. The molecule has 2 atom stereocenters. The zero-order valence-corrected chi connectivity index (χ0v) is 15.3. The third-order valence-corrected chi connectivity index (χ3v) is 5.13. The molecule has 0 bridgehead atoms. The molecular weight excluding hydrogens is 346 g/mol. The van der Waals surface area contributed by atoms with Crippen molar-refractivity contribution >= 4 is 11.9 Å². The second-order valence-corrected chi connectivity index (χ2v) is 7.19. The highest BCUT2D eigenvalue weighted by atomic mass is 16.5. The van der Waals surface area contributed by atoms with E-state index >= 15 is 0 Å². The molecule has 1 aliphatic carbocycles. The number of nitrogens with two attached hydrogens (primary N) is 1. The van der Waals surface area contributed by atoms with Gasteiger partial charge in [-0.1, -0.05) is 62.4 Å². The van der Waals surface area contributed by atoms with Gasteiger partial charge in [-0.15, -0.1) is 0 Å². The molecule has 27 heavy (non-hydrogen) atoms. The van der Waals surface area contributed by atoms with E-state index < -0.39 is 29.5 Å². The number of hydrogen-bond acceptors (Lipinski definition) is 5. The molecule has 1 unspecified atom stereocenters. The number of carbonyl (C=O) groups is 2. The molecule has 2 aromatic rings. The minimum absolute atomic E-state index is 0.0517. The molecule has 0 saturated carbocycles. The SMILES string of the molecule is CC(C)C(O)[C@](N)(C(=O)O)C(=O)OCC1c2ccccc2-c2ccccc21. The average molecular weight is 369 g/mol. The summed E-state index contributed by atoms with van der Waals surface area (Å²) in [6.07, 6.45) is -1.56. The highest BCUT2D eigenvalue weighted by molar-refractivity contribution is 6.04. The number of benzene rings is 2. The second-order valence-electron chi connectivity index (χ2n) is 7.19. The van der Waals surface area contributed by atoms with Crippen LogP contribution < -0.4 is 5.73 Å². The van der Waals surface area contributed by atoms with Gasteiger partial charge >= 0.3 is 11.9 Å². The predicted molar refractivity (Wildman–Crippen MR) is 100 cm³/mol. The molecule has 1 aliphatic rings. The number of carboxylic acids is 1. The van der Waals surface area contributed by atoms with Crippen LogP contribution in [0, 0.1) is 5.92 Å². The first-order chi connectivity index (χ1) is 12.8. The number of rotatable bonds is 6. The zero-order chi connectivity index (χ0) is 19.8. The smallest absolute Gasteiger partial charge is 0.340 e. The Morgan fingerprint density at radius 3 is 2.00 bits per heavy atom. The number of carboxylic acid groups (broad SMARTS) is 1. The van der Waals surface area contributed by atoms with Crippen molar-refractivity contribution < 1.29 is 24.5 Å². The summed E-state index contributed by atoms with van der Waals surface area (Å²) in [5.74, 6) is -3.49. The lowest BCUT2D eigenvalue weighted by Gasteiger charge is -2.30. The molecular formula is C21H23NO5. The first-order valence-corrected chi connectivity index (χ1v) is 8.84. The standard InChI is InChI=1S/C21H23NO5/c1-12(2)18(23)21(22,19(24)25)20(26)27-11-17-15-9-5-3-7-13(15)14-8-4-6-10-16(14)17/h3-10,12,17-18,23H,11,22H2,1-2H3,(H,24,25)/t18?,21-/m0/s1. The number of aliphatic hydroxyl groups is 1. The van der Waals surface area contributed by atoms with Crippen LogP contribution in [-0.2, 0) is 14.3 Å². The van der Waals surface area contributed by atoms with Gasteiger partial charge in [0.1, 0.15) is 6.61 Å². The van der Waals surface area contributed by atoms with Crippen LogP contribution in [0.1, 0.15) is 30.9 Å². The van der Waals surface area contributed by atoms with Gasteiger partial charge in [-0.05, 0) is 28.2 Å². The van der Waals surface area contributed by atoms with Gasteiger partial charge in [0.25, 0.3) is 0 Å². The number of aliphatic carboxylic acids is 1. The molecule has 2 aromatic carbocycles. The van der Waals surface area contributed by atoms with E-state index in [1.807, 2.05) is 48.5 Å². The van der Waals surface area contributed by atoms with Crippen molar-refractivity contribution in [1.29, 1.82) is 0 Å². The van der Waals surface area contributed by atoms with Gasteiger partial charge in [0.2, 0.25) is 5.54 Å². The molecule has 0 saturated heterocycles. The summed E-state index contributed by atoms with van der Waals surface area (Å²) in [4.78, 5) is 24.2. The van der Waals surface area contributed by atoms with Crippen LogP contribution in [0.4, 0.5) is 0 Å². The Morgan fingerprint density at radius 1 is 1.07 bits per heavy atom. The molecule has 6 heteroatoms. The van der Waals surface area contributed by atoms with Gasteiger partial charge in [-0.3, -0.25) is 0 Å². The molecule has 142 valence electrons. The van der Waals surface area contributed by atoms with Gasteiger partial charge in [-0.2, -0.15) is 0 Å². The lowest BCUT2D eigenvalue weighted by molar-refractivity contribution is -0.169. The van der Waals surface area contributed by atoms with E-state index in [2.05, 4.69) is 0 Å². The summed E-state index contributed by atoms with van der Waals surface area (Å²) >= 11 is 0. The van der Waals surface area contributed by atoms with Crippen LogP contribution in [0.5, 0.6) is 0 Å². The van der Waals surface area contributed by atoms with Crippen LogP contribution in [0.3, 0.4) is 0 Å². The number of esters is 1. The van der Waals surface area contributed by atoms with Crippen molar-refractivity contribution in [3.05, 3.63) is 59.7 Å². The fraction of sp³-hybridized carbons (Fsp3) is 0.333. The number of fused-ring (bicyclic) bond motifs is 3. The monoisotopic (exact) mass is 369 g/mol. The first kappa shape index (κ1) is 19.1. The van der Waals surface area contributed by atoms with Crippen molar-refractivity contribution in [2.45, 2.75) is 31.4 Å². The molecule has 0 spiro atoms. The zero-order valence-electron chi connectivity index (χ0n) is 15.3. The van der Waals surface area contributed by atoms with Crippen molar-refractivity contribution in [1.82, 2.24) is 0 Å². The summed E-state index contributed by atoms with van der Waals surface area (Å²) in [7, 11) is 0. The minimum atomic E-state index is -2.51. The van der Waals surface area contributed by atoms with E-state index in [-0.39, 0.29) is 12.5 Å². The van der Waals surface area contributed by atoms with E-state index in [1.165, 1.54) is 0 Å². The highest BCUT2D eigenvalue weighted by Gasteiger charge is 2.52. The van der Waals surface area contributed by atoms with Crippen LogP contribution in [0.2, 0.25) is 0 Å². The van der Waals surface area contributed by atoms with Crippen LogP contribution in [-0.4, -0.2) is 40.4 Å². The molecule has 3 rings (SSSR count). The van der Waals surface area contributed by atoms with Crippen molar-refractivity contribution in [2.75, 3.05) is 6.61 Å². The molecule has 4 N–H and O–H groups in total. The molecule has 0 fully saturated rings. The number of hydrogen-bond donors (Lipinski definition) is 3. The Balaban J connectivity index is 1.86. The molecule has 0 amide bonds. The summed E-state index contributed by atoms with van der Waals surface area (Å²) in [5, 5.41) is 19.6. The van der Waals surface area contributed by atoms with E-state index in [0.29, 0.717) is 0 Å². The molecule has 0 heterocycles. The Morgan fingerprint density at radius 2 is 1.56 bits per heavy atom. The van der Waals surface area contributed by atoms with Gasteiger partial charge < -0.3 is 20.7 Å². The Bertz CT molecular complexity index is 833. The van der Waals surface area contributed by atoms with E-state index in [1.54, 1.807) is 13.8 Å². The first-order valence-electron chi connectivity index (χ1n) is 8.84. The van der Waals surface area contributed by atoms with Gasteiger partial charge in [0, 0.05) is 5.92 Å². The third-order valence-electron chi connectivity index (χ3n) is 5.13. The fourth-order valence-electron chi connectivity index (χ4n) is 3.58. The maximum atomic E-state index is 12.5. The predicted octanol–water partition coefficient (Wildman–Crippen LogP) is 2.14. The largest absolute Gasteiger partial charge is 0.479 e. The number of aliphatic hydroxyl groups excluding tert-OH is 1. The Labute approximate surface area is 157 Å². The van der Waals surface area contributed by atoms with Crippen molar-refractivity contribution in [3.63, 3.8) is 0 Å². The third kappa shape index (κ3) is 3.11. The van der Waals surface area contributed by atoms with Gasteiger partial charge in [0.15, 0.2) is 0 Å². The quantitative estimate of drug-likeness (QED) is 0.532. The number of carbonyl (C=O) groups excluding carboxylic acids is 1. The van der Waals surface area contributed by atoms with Crippen molar-refractivity contribution in [2.24, 2.45) is 11.7 Å². The summed E-state index contributed by atoms with van der Waals surface area (Å²) in [5.41, 5.74) is 7.41. The molecule has 6 nitrogen and oxygen atoms in total.